The van der Waals surface area contributed by atoms with Crippen molar-refractivity contribution in [3.8, 4) is 0 Å². The van der Waals surface area contributed by atoms with Gasteiger partial charge in [-0.3, -0.25) is 9.40 Å². The van der Waals surface area contributed by atoms with Gasteiger partial charge >= 0.3 is 0 Å². The zero-order chi connectivity index (χ0) is 11.6. The van der Waals surface area contributed by atoms with Gasteiger partial charge in [0.25, 0.3) is 0 Å². The zero-order valence-electron chi connectivity index (χ0n) is 9.18. The highest BCUT2D eigenvalue weighted by molar-refractivity contribution is 7.93. The van der Waals surface area contributed by atoms with E-state index in [0.717, 1.165) is 13.0 Å². The molecule has 1 aliphatic heterocycles. The molecule has 6 nitrogen and oxygen atoms in total. The van der Waals surface area contributed by atoms with Gasteiger partial charge in [-0.15, -0.1) is 0 Å². The van der Waals surface area contributed by atoms with Crippen LogP contribution in [0.15, 0.2) is 12.4 Å². The maximum absolute atomic E-state index is 12.0. The Morgan fingerprint density at radius 2 is 2.44 bits per heavy atom. The van der Waals surface area contributed by atoms with Crippen molar-refractivity contribution in [2.45, 2.75) is 18.1 Å². The van der Waals surface area contributed by atoms with Crippen LogP contribution in [0.5, 0.6) is 0 Å². The first-order chi connectivity index (χ1) is 7.58. The van der Waals surface area contributed by atoms with Gasteiger partial charge in [0.1, 0.15) is 0 Å². The highest BCUT2D eigenvalue weighted by Gasteiger charge is 2.27. The molecule has 0 radical (unpaired) electrons. The predicted octanol–water partition coefficient (Wildman–Crippen LogP) is -0.0862. The fourth-order valence-electron chi connectivity index (χ4n) is 1.81. The third-order valence-corrected chi connectivity index (χ3v) is 4.46. The maximum Gasteiger partial charge on any atom is 0.236 e. The van der Waals surface area contributed by atoms with Crippen LogP contribution in [0.4, 0.5) is 5.69 Å². The molecule has 1 aromatic rings. The van der Waals surface area contributed by atoms with E-state index in [-0.39, 0.29) is 5.25 Å². The van der Waals surface area contributed by atoms with Gasteiger partial charge in [-0.25, -0.2) is 8.42 Å². The van der Waals surface area contributed by atoms with Crippen LogP contribution < -0.4 is 10.0 Å². The fourth-order valence-corrected chi connectivity index (χ4v) is 3.22. The normalized spacial score (nSPS) is 21.9. The van der Waals surface area contributed by atoms with E-state index >= 15 is 0 Å². The summed E-state index contributed by atoms with van der Waals surface area (Å²) < 4.78 is 28.1. The Labute approximate surface area is 95.1 Å². The number of nitrogens with zero attached hydrogens (tertiary/aromatic N) is 2. The van der Waals surface area contributed by atoms with Gasteiger partial charge in [-0.1, -0.05) is 0 Å². The lowest BCUT2D eigenvalue weighted by Crippen LogP contribution is -2.41. The summed E-state index contributed by atoms with van der Waals surface area (Å²) in [6, 6.07) is 0. The number of rotatable bonds is 3. The van der Waals surface area contributed by atoms with Crippen LogP contribution in [0, 0.1) is 0 Å². The monoisotopic (exact) mass is 244 g/mol. The van der Waals surface area contributed by atoms with E-state index in [9.17, 15) is 8.42 Å². The van der Waals surface area contributed by atoms with Gasteiger partial charge < -0.3 is 5.32 Å². The Balaban J connectivity index is 2.07. The molecule has 1 saturated heterocycles. The van der Waals surface area contributed by atoms with Crippen molar-refractivity contribution >= 4 is 15.7 Å². The van der Waals surface area contributed by atoms with Crippen LogP contribution in [0.2, 0.25) is 0 Å². The second-order valence-corrected chi connectivity index (χ2v) is 5.98. The highest BCUT2D eigenvalue weighted by atomic mass is 32.2. The smallest absolute Gasteiger partial charge is 0.236 e. The number of nitrogens with one attached hydrogen (secondary N) is 2. The molecule has 0 bridgehead atoms. The minimum atomic E-state index is -3.29. The Bertz CT molecular complexity index is 448. The summed E-state index contributed by atoms with van der Waals surface area (Å²) in [4.78, 5) is 0. The van der Waals surface area contributed by atoms with Gasteiger partial charge in [0.2, 0.25) is 10.0 Å². The van der Waals surface area contributed by atoms with Crippen molar-refractivity contribution in [2.75, 3.05) is 17.8 Å². The van der Waals surface area contributed by atoms with E-state index in [1.165, 1.54) is 6.20 Å². The minimum Gasteiger partial charge on any atom is -0.315 e. The number of aryl methyl sites for hydroxylation is 1. The fraction of sp³-hybridized carbons (Fsp3) is 0.667. The number of hydrogen-bond donors (Lipinski definition) is 2. The van der Waals surface area contributed by atoms with E-state index < -0.39 is 10.0 Å². The zero-order valence-corrected chi connectivity index (χ0v) is 10.00. The van der Waals surface area contributed by atoms with Gasteiger partial charge in [0.15, 0.2) is 0 Å². The Hall–Kier alpha value is -1.08. The maximum atomic E-state index is 12.0. The second kappa shape index (κ2) is 4.42. The van der Waals surface area contributed by atoms with Crippen LogP contribution >= 0.6 is 0 Å². The molecule has 90 valence electrons. The van der Waals surface area contributed by atoms with Crippen molar-refractivity contribution in [1.29, 1.82) is 0 Å². The van der Waals surface area contributed by atoms with Crippen molar-refractivity contribution in [2.24, 2.45) is 7.05 Å². The van der Waals surface area contributed by atoms with Crippen LogP contribution in [0.25, 0.3) is 0 Å². The van der Waals surface area contributed by atoms with Gasteiger partial charge in [-0.2, -0.15) is 5.10 Å². The van der Waals surface area contributed by atoms with Gasteiger partial charge in [0, 0.05) is 19.8 Å². The Morgan fingerprint density at radius 3 is 3.00 bits per heavy atom. The highest BCUT2D eigenvalue weighted by Crippen LogP contribution is 2.15. The van der Waals surface area contributed by atoms with Crippen LogP contribution in [-0.4, -0.2) is 36.5 Å². The number of sulfonamides is 1. The van der Waals surface area contributed by atoms with Crippen molar-refractivity contribution in [3.05, 3.63) is 12.4 Å². The molecule has 1 unspecified atom stereocenters. The molecule has 1 aliphatic rings. The SMILES string of the molecule is Cn1cc(NS(=O)(=O)C2CCCNC2)cn1. The van der Waals surface area contributed by atoms with E-state index in [1.54, 1.807) is 17.9 Å². The number of piperidine rings is 1. The molecule has 1 aromatic heterocycles. The minimum absolute atomic E-state index is 0.346. The summed E-state index contributed by atoms with van der Waals surface area (Å²) in [5.74, 6) is 0. The predicted molar refractivity (Wildman–Crippen MR) is 61.6 cm³/mol. The van der Waals surface area contributed by atoms with Crippen molar-refractivity contribution in [1.82, 2.24) is 15.1 Å². The lowest BCUT2D eigenvalue weighted by Gasteiger charge is -2.22. The van der Waals surface area contributed by atoms with Crippen LogP contribution in [-0.2, 0) is 17.1 Å². The second-order valence-electron chi connectivity index (χ2n) is 4.02. The van der Waals surface area contributed by atoms with Crippen molar-refractivity contribution < 1.29 is 8.42 Å². The molecule has 0 saturated carbocycles. The number of hydrogen-bond acceptors (Lipinski definition) is 4. The largest absolute Gasteiger partial charge is 0.315 e. The average molecular weight is 244 g/mol. The van der Waals surface area contributed by atoms with E-state index in [2.05, 4.69) is 15.1 Å². The quantitative estimate of drug-likeness (QED) is 0.779. The lowest BCUT2D eigenvalue weighted by molar-refractivity contribution is 0.499. The van der Waals surface area contributed by atoms with E-state index in [0.29, 0.717) is 18.7 Å². The molecular formula is C9H16N4O2S. The molecule has 7 heteroatoms. The lowest BCUT2D eigenvalue weighted by atomic mass is 10.2. The molecule has 1 fully saturated rings. The molecule has 0 aromatic carbocycles. The van der Waals surface area contributed by atoms with Gasteiger partial charge in [-0.05, 0) is 19.4 Å². The first-order valence-electron chi connectivity index (χ1n) is 5.29. The molecule has 1 atom stereocenters. The molecule has 0 aliphatic carbocycles. The van der Waals surface area contributed by atoms with Gasteiger partial charge in [0.05, 0.1) is 17.1 Å². The number of anilines is 1. The third-order valence-electron chi connectivity index (χ3n) is 2.66. The number of aromatic nitrogens is 2. The first-order valence-corrected chi connectivity index (χ1v) is 6.83. The molecule has 0 amide bonds. The molecule has 2 rings (SSSR count). The molecular weight excluding hydrogens is 228 g/mol. The summed E-state index contributed by atoms with van der Waals surface area (Å²) in [5, 5.41) is 6.67. The van der Waals surface area contributed by atoms with Crippen LogP contribution in [0.3, 0.4) is 0 Å². The third kappa shape index (κ3) is 2.53. The summed E-state index contributed by atoms with van der Waals surface area (Å²) in [6.07, 6.45) is 4.77. The van der Waals surface area contributed by atoms with E-state index in [1.807, 2.05) is 0 Å². The summed E-state index contributed by atoms with van der Waals surface area (Å²) in [5.41, 5.74) is 0.521. The summed E-state index contributed by atoms with van der Waals surface area (Å²) >= 11 is 0. The summed E-state index contributed by atoms with van der Waals surface area (Å²) in [7, 11) is -1.54. The molecule has 16 heavy (non-hydrogen) atoms. The summed E-state index contributed by atoms with van der Waals surface area (Å²) in [6.45, 7) is 1.43. The molecule has 0 spiro atoms. The average Bonchev–Trinajstić information content (AvgIpc) is 2.64. The van der Waals surface area contributed by atoms with Crippen molar-refractivity contribution in [3.63, 3.8) is 0 Å². The Morgan fingerprint density at radius 1 is 1.62 bits per heavy atom. The Kier molecular flexibility index (Phi) is 3.15. The molecule has 2 N–H and O–H groups in total. The first kappa shape index (κ1) is 11.4. The standard InChI is InChI=1S/C9H16N4O2S/c1-13-7-8(5-11-13)12-16(14,15)9-3-2-4-10-6-9/h5,7,9-10,12H,2-4,6H2,1H3. The molecule has 2 heterocycles. The van der Waals surface area contributed by atoms with Crippen LogP contribution in [0.1, 0.15) is 12.8 Å². The van der Waals surface area contributed by atoms with E-state index in [4.69, 9.17) is 0 Å². The topological polar surface area (TPSA) is 76.0 Å².